The molecule has 2 heterocycles. The molecule has 0 saturated heterocycles. The summed E-state index contributed by atoms with van der Waals surface area (Å²) in [6.07, 6.45) is 0.401. The highest BCUT2D eigenvalue weighted by atomic mass is 79.9. The van der Waals surface area contributed by atoms with Crippen molar-refractivity contribution in [2.24, 2.45) is 0 Å². The second-order valence-corrected chi connectivity index (χ2v) is 7.92. The molecule has 2 aliphatic rings. The van der Waals surface area contributed by atoms with E-state index in [4.69, 9.17) is 28.4 Å². The Morgan fingerprint density at radius 2 is 1.84 bits per heavy atom. The number of nitrogens with zero attached hydrogens (tertiary/aromatic N) is 1. The van der Waals surface area contributed by atoms with Gasteiger partial charge in [-0.2, -0.15) is 0 Å². The lowest BCUT2D eigenvalue weighted by atomic mass is 9.99. The maximum atomic E-state index is 13.6. The van der Waals surface area contributed by atoms with Crippen LogP contribution in [0, 0.1) is 0 Å². The molecule has 10 heteroatoms. The van der Waals surface area contributed by atoms with Crippen LogP contribution in [0.3, 0.4) is 0 Å². The molecule has 4 rings (SSSR count). The summed E-state index contributed by atoms with van der Waals surface area (Å²) in [4.78, 5) is 27.9. The summed E-state index contributed by atoms with van der Waals surface area (Å²) in [6.45, 7) is 0.308. The summed E-state index contributed by atoms with van der Waals surface area (Å²) in [6, 6.07) is 6.90. The summed E-state index contributed by atoms with van der Waals surface area (Å²) in [5.74, 6) is 0.713. The fourth-order valence-corrected chi connectivity index (χ4v) is 4.67. The Labute approximate surface area is 193 Å². The highest BCUT2D eigenvalue weighted by Crippen LogP contribution is 2.48. The number of carbonyl (C=O) groups is 2. The number of halogens is 1. The average Bonchev–Trinajstić information content (AvgIpc) is 3.36. The van der Waals surface area contributed by atoms with Gasteiger partial charge >= 0.3 is 5.97 Å². The minimum absolute atomic E-state index is 0.153. The fraction of sp³-hybridized carbons (Fsp3) is 0.364. The Morgan fingerprint density at radius 1 is 1.12 bits per heavy atom. The number of methoxy groups -OCH3 is 4. The van der Waals surface area contributed by atoms with Crippen molar-refractivity contribution in [3.63, 3.8) is 0 Å². The Bertz CT molecular complexity index is 1090. The Hall–Kier alpha value is -2.98. The SMILES string of the molecule is COC(=O)C1(OC)c2ccc(OC)c(OC)c2C(=O)N1CCc1cc2c(cc1Br)OCO2. The highest BCUT2D eigenvalue weighted by Gasteiger charge is 2.58. The van der Waals surface area contributed by atoms with Crippen LogP contribution in [0.25, 0.3) is 0 Å². The first-order valence-corrected chi connectivity index (χ1v) is 10.5. The summed E-state index contributed by atoms with van der Waals surface area (Å²) in [5.41, 5.74) is -0.357. The first-order chi connectivity index (χ1) is 15.4. The summed E-state index contributed by atoms with van der Waals surface area (Å²) in [7, 11) is 5.52. The van der Waals surface area contributed by atoms with Crippen molar-refractivity contribution in [3.8, 4) is 23.0 Å². The molecular weight excluding hydrogens is 486 g/mol. The number of benzene rings is 2. The van der Waals surface area contributed by atoms with E-state index in [-0.39, 0.29) is 24.7 Å². The van der Waals surface area contributed by atoms with Gasteiger partial charge in [0.05, 0.1) is 26.9 Å². The van der Waals surface area contributed by atoms with Gasteiger partial charge in [0.25, 0.3) is 11.6 Å². The maximum Gasteiger partial charge on any atom is 0.364 e. The first kappa shape index (κ1) is 22.2. The van der Waals surface area contributed by atoms with Crippen LogP contribution in [0.5, 0.6) is 23.0 Å². The summed E-state index contributed by atoms with van der Waals surface area (Å²) < 4.78 is 33.2. The predicted molar refractivity (Wildman–Crippen MR) is 115 cm³/mol. The van der Waals surface area contributed by atoms with Crippen molar-refractivity contribution >= 4 is 27.8 Å². The normalized spacial score (nSPS) is 18.5. The van der Waals surface area contributed by atoms with Gasteiger partial charge in [-0.05, 0) is 36.2 Å². The van der Waals surface area contributed by atoms with Crippen molar-refractivity contribution in [1.29, 1.82) is 0 Å². The molecule has 0 radical (unpaired) electrons. The number of hydrogen-bond acceptors (Lipinski definition) is 8. The third kappa shape index (κ3) is 3.17. The van der Waals surface area contributed by atoms with Crippen molar-refractivity contribution < 1.29 is 38.0 Å². The van der Waals surface area contributed by atoms with Crippen molar-refractivity contribution in [1.82, 2.24) is 4.90 Å². The third-order valence-corrected chi connectivity index (χ3v) is 6.39. The molecule has 32 heavy (non-hydrogen) atoms. The lowest BCUT2D eigenvalue weighted by Gasteiger charge is -2.35. The average molecular weight is 508 g/mol. The molecule has 1 atom stereocenters. The monoisotopic (exact) mass is 507 g/mol. The van der Waals surface area contributed by atoms with Crippen LogP contribution < -0.4 is 18.9 Å². The minimum atomic E-state index is -1.76. The van der Waals surface area contributed by atoms with E-state index in [1.807, 2.05) is 12.1 Å². The molecule has 1 unspecified atom stereocenters. The number of esters is 1. The standard InChI is InChI=1S/C22H22BrNO8/c1-27-15-6-5-13-18(19(15)28-2)20(25)24(22(13,30-4)21(26)29-3)8-7-12-9-16-17(10-14(12)23)32-11-31-16/h5-6,9-10H,7-8,11H2,1-4H3. The zero-order valence-electron chi connectivity index (χ0n) is 18.0. The minimum Gasteiger partial charge on any atom is -0.493 e. The lowest BCUT2D eigenvalue weighted by molar-refractivity contribution is -0.188. The van der Waals surface area contributed by atoms with Gasteiger partial charge in [0, 0.05) is 23.7 Å². The zero-order chi connectivity index (χ0) is 23.0. The lowest BCUT2D eigenvalue weighted by Crippen LogP contribution is -2.52. The van der Waals surface area contributed by atoms with Gasteiger partial charge in [0.2, 0.25) is 6.79 Å². The van der Waals surface area contributed by atoms with Gasteiger partial charge in [0.1, 0.15) is 0 Å². The van der Waals surface area contributed by atoms with E-state index in [2.05, 4.69) is 15.9 Å². The molecule has 0 fully saturated rings. The number of hydrogen-bond donors (Lipinski definition) is 0. The first-order valence-electron chi connectivity index (χ1n) is 9.71. The molecule has 1 amide bonds. The van der Waals surface area contributed by atoms with E-state index in [9.17, 15) is 9.59 Å². The third-order valence-electron chi connectivity index (χ3n) is 5.65. The van der Waals surface area contributed by atoms with Crippen LogP contribution in [-0.4, -0.2) is 58.6 Å². The van der Waals surface area contributed by atoms with Crippen molar-refractivity contribution in [3.05, 3.63) is 45.4 Å². The molecule has 2 aromatic carbocycles. The molecule has 0 bridgehead atoms. The zero-order valence-corrected chi connectivity index (χ0v) is 19.6. The maximum absolute atomic E-state index is 13.6. The van der Waals surface area contributed by atoms with Gasteiger partial charge in [-0.15, -0.1) is 0 Å². The summed E-state index contributed by atoms with van der Waals surface area (Å²) in [5, 5.41) is 0. The van der Waals surface area contributed by atoms with E-state index < -0.39 is 17.6 Å². The Morgan fingerprint density at radius 3 is 2.47 bits per heavy atom. The van der Waals surface area contributed by atoms with Crippen molar-refractivity contribution in [2.45, 2.75) is 12.1 Å². The Balaban J connectivity index is 1.77. The van der Waals surface area contributed by atoms with Crippen LogP contribution in [0.15, 0.2) is 28.7 Å². The number of amides is 1. The van der Waals surface area contributed by atoms with Gasteiger partial charge in [-0.3, -0.25) is 9.69 Å². The van der Waals surface area contributed by atoms with Crippen LogP contribution >= 0.6 is 15.9 Å². The number of rotatable bonds is 7. The van der Waals surface area contributed by atoms with Crippen molar-refractivity contribution in [2.75, 3.05) is 41.8 Å². The molecule has 170 valence electrons. The smallest absolute Gasteiger partial charge is 0.364 e. The number of fused-ring (bicyclic) bond motifs is 2. The molecule has 0 spiro atoms. The topological polar surface area (TPSA) is 92.8 Å². The van der Waals surface area contributed by atoms with E-state index in [1.54, 1.807) is 12.1 Å². The van der Waals surface area contributed by atoms with Crippen LogP contribution in [-0.2, 0) is 26.4 Å². The molecule has 0 aromatic heterocycles. The Kier molecular flexibility index (Phi) is 5.91. The van der Waals surface area contributed by atoms with E-state index >= 15 is 0 Å². The molecule has 2 aliphatic heterocycles. The van der Waals surface area contributed by atoms with E-state index in [0.717, 1.165) is 10.0 Å². The van der Waals surface area contributed by atoms with E-state index in [0.29, 0.717) is 29.2 Å². The largest absolute Gasteiger partial charge is 0.493 e. The quantitative estimate of drug-likeness (QED) is 0.528. The van der Waals surface area contributed by atoms with Gasteiger partial charge in [-0.1, -0.05) is 15.9 Å². The van der Waals surface area contributed by atoms with Crippen LogP contribution in [0.2, 0.25) is 0 Å². The van der Waals surface area contributed by atoms with Gasteiger partial charge < -0.3 is 28.4 Å². The van der Waals surface area contributed by atoms with Gasteiger partial charge in [0.15, 0.2) is 23.0 Å². The summed E-state index contributed by atoms with van der Waals surface area (Å²) >= 11 is 3.53. The number of carbonyl (C=O) groups excluding carboxylic acids is 2. The second kappa shape index (κ2) is 8.51. The predicted octanol–water partition coefficient (Wildman–Crippen LogP) is 2.87. The molecule has 2 aromatic rings. The van der Waals surface area contributed by atoms with Gasteiger partial charge in [-0.25, -0.2) is 4.79 Å². The van der Waals surface area contributed by atoms with Crippen LogP contribution in [0.4, 0.5) is 0 Å². The van der Waals surface area contributed by atoms with Crippen LogP contribution in [0.1, 0.15) is 21.5 Å². The van der Waals surface area contributed by atoms with E-state index in [1.165, 1.54) is 33.3 Å². The highest BCUT2D eigenvalue weighted by molar-refractivity contribution is 9.10. The second-order valence-electron chi connectivity index (χ2n) is 7.07. The fourth-order valence-electron chi connectivity index (χ4n) is 4.15. The number of ether oxygens (including phenoxy) is 6. The molecule has 0 aliphatic carbocycles. The molecular formula is C22H22BrNO8. The molecule has 0 N–H and O–H groups in total. The molecule has 0 saturated carbocycles. The molecule has 9 nitrogen and oxygen atoms in total.